The Morgan fingerprint density at radius 1 is 1.21 bits per heavy atom. The Kier molecular flexibility index (Phi) is 5.32. The largest absolute Gasteiger partial charge is 0.495 e. The molecular formula is C16H20N2O4S2. The Bertz CT molecular complexity index is 851. The van der Waals surface area contributed by atoms with Crippen LogP contribution in [-0.2, 0) is 10.0 Å². The number of hydrogen-bond acceptors (Lipinski definition) is 5. The highest BCUT2D eigenvalue weighted by atomic mass is 32.2. The van der Waals surface area contributed by atoms with Crippen LogP contribution in [0.2, 0.25) is 0 Å². The lowest BCUT2D eigenvalue weighted by Gasteiger charge is -2.15. The van der Waals surface area contributed by atoms with Crippen LogP contribution in [-0.4, -0.2) is 39.8 Å². The van der Waals surface area contributed by atoms with Crippen molar-refractivity contribution in [1.29, 1.82) is 0 Å². The van der Waals surface area contributed by atoms with Crippen LogP contribution in [0.25, 0.3) is 0 Å². The Morgan fingerprint density at radius 2 is 1.88 bits per heavy atom. The highest BCUT2D eigenvalue weighted by molar-refractivity contribution is 7.89. The minimum atomic E-state index is -3.60. The van der Waals surface area contributed by atoms with E-state index in [1.54, 1.807) is 0 Å². The smallest absolute Gasteiger partial charge is 0.265 e. The molecule has 6 nitrogen and oxygen atoms in total. The molecule has 0 spiro atoms. The summed E-state index contributed by atoms with van der Waals surface area (Å²) in [5.41, 5.74) is 1.36. The summed E-state index contributed by atoms with van der Waals surface area (Å²) < 4.78 is 30.9. The number of benzene rings is 1. The number of anilines is 1. The molecule has 0 saturated carbocycles. The van der Waals surface area contributed by atoms with Gasteiger partial charge in [0.15, 0.2) is 0 Å². The molecule has 8 heteroatoms. The number of nitrogens with one attached hydrogen (secondary N) is 1. The second-order valence-electron chi connectivity index (χ2n) is 5.45. The molecule has 2 rings (SSSR count). The van der Waals surface area contributed by atoms with E-state index in [0.29, 0.717) is 16.3 Å². The van der Waals surface area contributed by atoms with Crippen molar-refractivity contribution >= 4 is 33.0 Å². The van der Waals surface area contributed by atoms with Gasteiger partial charge >= 0.3 is 0 Å². The van der Waals surface area contributed by atoms with Crippen molar-refractivity contribution in [2.75, 3.05) is 26.5 Å². The first-order valence-corrected chi connectivity index (χ1v) is 9.41. The number of hydrogen-bond donors (Lipinski definition) is 1. The third-order valence-corrected chi connectivity index (χ3v) is 6.55. The second-order valence-corrected chi connectivity index (χ2v) is 8.86. The van der Waals surface area contributed by atoms with Crippen LogP contribution in [0.3, 0.4) is 0 Å². The molecule has 0 aliphatic carbocycles. The number of rotatable bonds is 5. The number of amides is 1. The predicted octanol–water partition coefficient (Wildman–Crippen LogP) is 2.88. The molecule has 0 aliphatic rings. The standard InChI is InChI=1S/C16H20N2O4S2/c1-10-8-15(23-11(10)2)16(19)17-13-9-12(6-7-14(13)22-5)24(20,21)18(3)4/h6-9H,1-5H3,(H,17,19). The van der Waals surface area contributed by atoms with Crippen LogP contribution in [0.5, 0.6) is 5.75 Å². The van der Waals surface area contributed by atoms with Gasteiger partial charge in [-0.25, -0.2) is 12.7 Å². The summed E-state index contributed by atoms with van der Waals surface area (Å²) in [7, 11) is 0.771. The van der Waals surface area contributed by atoms with Gasteiger partial charge in [0, 0.05) is 19.0 Å². The molecule has 0 bridgehead atoms. The van der Waals surface area contributed by atoms with Crippen LogP contribution >= 0.6 is 11.3 Å². The summed E-state index contributed by atoms with van der Waals surface area (Å²) in [6, 6.07) is 6.18. The SMILES string of the molecule is COc1ccc(S(=O)(=O)N(C)C)cc1NC(=O)c1cc(C)c(C)s1. The zero-order chi connectivity index (χ0) is 18.1. The molecule has 130 valence electrons. The van der Waals surface area contributed by atoms with Gasteiger partial charge < -0.3 is 10.1 Å². The lowest BCUT2D eigenvalue weighted by molar-refractivity contribution is 0.103. The molecule has 0 aliphatic heterocycles. The molecule has 0 radical (unpaired) electrons. The topological polar surface area (TPSA) is 75.7 Å². The molecule has 0 saturated heterocycles. The maximum Gasteiger partial charge on any atom is 0.265 e. The number of sulfonamides is 1. The van der Waals surface area contributed by atoms with Crippen molar-refractivity contribution in [2.24, 2.45) is 0 Å². The van der Waals surface area contributed by atoms with Gasteiger partial charge in [-0.3, -0.25) is 4.79 Å². The average molecular weight is 368 g/mol. The van der Waals surface area contributed by atoms with E-state index in [0.717, 1.165) is 14.7 Å². The second kappa shape index (κ2) is 6.92. The zero-order valence-electron chi connectivity index (χ0n) is 14.2. The summed E-state index contributed by atoms with van der Waals surface area (Å²) >= 11 is 1.39. The fourth-order valence-corrected chi connectivity index (χ4v) is 3.88. The van der Waals surface area contributed by atoms with E-state index < -0.39 is 10.0 Å². The fraction of sp³-hybridized carbons (Fsp3) is 0.312. The molecular weight excluding hydrogens is 348 g/mol. The van der Waals surface area contributed by atoms with E-state index in [1.165, 1.54) is 50.7 Å². The van der Waals surface area contributed by atoms with Crippen molar-refractivity contribution in [1.82, 2.24) is 4.31 Å². The number of methoxy groups -OCH3 is 1. The molecule has 0 unspecified atom stereocenters. The molecule has 1 aromatic carbocycles. The number of nitrogens with zero attached hydrogens (tertiary/aromatic N) is 1. The van der Waals surface area contributed by atoms with E-state index >= 15 is 0 Å². The van der Waals surface area contributed by atoms with Gasteiger partial charge in [0.05, 0.1) is 22.6 Å². The molecule has 24 heavy (non-hydrogen) atoms. The maximum absolute atomic E-state index is 12.4. The van der Waals surface area contributed by atoms with Gasteiger partial charge in [-0.1, -0.05) is 0 Å². The van der Waals surface area contributed by atoms with Crippen molar-refractivity contribution in [3.05, 3.63) is 39.6 Å². The van der Waals surface area contributed by atoms with Gasteiger partial charge in [0.1, 0.15) is 5.75 Å². The van der Waals surface area contributed by atoms with Crippen molar-refractivity contribution in [3.8, 4) is 5.75 Å². The molecule has 0 atom stereocenters. The normalized spacial score (nSPS) is 11.6. The minimum absolute atomic E-state index is 0.0853. The van der Waals surface area contributed by atoms with Crippen LogP contribution in [0.1, 0.15) is 20.1 Å². The minimum Gasteiger partial charge on any atom is -0.495 e. The van der Waals surface area contributed by atoms with Gasteiger partial charge in [0.25, 0.3) is 5.91 Å². The Hall–Kier alpha value is -1.90. The van der Waals surface area contributed by atoms with Crippen molar-refractivity contribution in [3.63, 3.8) is 0 Å². The quantitative estimate of drug-likeness (QED) is 0.880. The molecule has 0 fully saturated rings. The Labute approximate surface area is 146 Å². The van der Waals surface area contributed by atoms with E-state index in [9.17, 15) is 13.2 Å². The van der Waals surface area contributed by atoms with E-state index in [1.807, 2.05) is 19.9 Å². The van der Waals surface area contributed by atoms with E-state index in [4.69, 9.17) is 4.74 Å². The van der Waals surface area contributed by atoms with Crippen molar-refractivity contribution in [2.45, 2.75) is 18.7 Å². The highest BCUT2D eigenvalue weighted by Crippen LogP contribution is 2.30. The van der Waals surface area contributed by atoms with Crippen molar-refractivity contribution < 1.29 is 17.9 Å². The highest BCUT2D eigenvalue weighted by Gasteiger charge is 2.20. The van der Waals surface area contributed by atoms with E-state index in [2.05, 4.69) is 5.32 Å². The van der Waals surface area contributed by atoms with Gasteiger partial charge in [-0.15, -0.1) is 11.3 Å². The average Bonchev–Trinajstić information content (AvgIpc) is 2.86. The molecule has 1 heterocycles. The summed E-state index contributed by atoms with van der Waals surface area (Å²) in [6.07, 6.45) is 0. The summed E-state index contributed by atoms with van der Waals surface area (Å²) in [6.45, 7) is 3.88. The third kappa shape index (κ3) is 3.61. The Balaban J connectivity index is 2.39. The summed E-state index contributed by atoms with van der Waals surface area (Å²) in [5.74, 6) is 0.0972. The monoisotopic (exact) mass is 368 g/mol. The first-order chi connectivity index (χ1) is 11.2. The predicted molar refractivity (Wildman–Crippen MR) is 95.6 cm³/mol. The molecule has 1 aromatic heterocycles. The molecule has 1 N–H and O–H groups in total. The lowest BCUT2D eigenvalue weighted by Crippen LogP contribution is -2.22. The fourth-order valence-electron chi connectivity index (χ4n) is 2.03. The van der Waals surface area contributed by atoms with Crippen LogP contribution in [0.4, 0.5) is 5.69 Å². The lowest BCUT2D eigenvalue weighted by atomic mass is 10.2. The number of aryl methyl sites for hydroxylation is 2. The number of carbonyl (C=O) groups is 1. The first-order valence-electron chi connectivity index (χ1n) is 7.15. The van der Waals surface area contributed by atoms with Gasteiger partial charge in [0.2, 0.25) is 10.0 Å². The summed E-state index contributed by atoms with van der Waals surface area (Å²) in [5, 5.41) is 2.73. The first kappa shape index (κ1) is 18.4. The van der Waals surface area contributed by atoms with Gasteiger partial charge in [-0.05, 0) is 43.7 Å². The third-order valence-electron chi connectivity index (χ3n) is 3.59. The van der Waals surface area contributed by atoms with E-state index in [-0.39, 0.29) is 10.8 Å². The Morgan fingerprint density at radius 3 is 2.38 bits per heavy atom. The number of carbonyl (C=O) groups excluding carboxylic acids is 1. The molecule has 1 amide bonds. The number of thiophene rings is 1. The van der Waals surface area contributed by atoms with Crippen LogP contribution in [0.15, 0.2) is 29.2 Å². The zero-order valence-corrected chi connectivity index (χ0v) is 15.8. The van der Waals surface area contributed by atoms with Gasteiger partial charge in [-0.2, -0.15) is 0 Å². The number of ether oxygens (including phenoxy) is 1. The van der Waals surface area contributed by atoms with Crippen LogP contribution < -0.4 is 10.1 Å². The maximum atomic E-state index is 12.4. The van der Waals surface area contributed by atoms with Crippen LogP contribution in [0, 0.1) is 13.8 Å². The summed E-state index contributed by atoms with van der Waals surface area (Å²) in [4.78, 5) is 14.1. The molecule has 2 aromatic rings.